The molecule has 7 heteroatoms. The topological polar surface area (TPSA) is 84.0 Å². The number of hydrogen-bond acceptors (Lipinski definition) is 5. The molecule has 3 amide bonds. The fraction of sp³-hybridized carbons (Fsp3) is 0.333. The predicted molar refractivity (Wildman–Crippen MR) is 124 cm³/mol. The Morgan fingerprint density at radius 2 is 1.59 bits per heavy atom. The number of nitrogens with zero attached hydrogens (tertiary/aromatic N) is 2. The van der Waals surface area contributed by atoms with Gasteiger partial charge in [0.15, 0.2) is 0 Å². The monoisotopic (exact) mass is 456 g/mol. The van der Waals surface area contributed by atoms with E-state index in [0.29, 0.717) is 5.69 Å². The molecule has 4 aliphatic rings. The van der Waals surface area contributed by atoms with Crippen LogP contribution in [0.1, 0.15) is 18.4 Å². The van der Waals surface area contributed by atoms with Gasteiger partial charge in [0.05, 0.1) is 23.4 Å². The number of benzene rings is 2. The van der Waals surface area contributed by atoms with Gasteiger partial charge in [-0.15, -0.1) is 0 Å². The van der Waals surface area contributed by atoms with Crippen LogP contribution in [0.4, 0.5) is 11.4 Å². The van der Waals surface area contributed by atoms with Crippen LogP contribution in [0.15, 0.2) is 60.7 Å². The average Bonchev–Trinajstić information content (AvgIpc) is 3.58. The molecule has 0 unspecified atom stereocenters. The van der Waals surface area contributed by atoms with Gasteiger partial charge < -0.3 is 9.64 Å². The SMILES string of the molecule is Cc1ccc(N2C[C@H](C(=O)Oc3cccc(N4C(=O)[C@@H]5[C@H](C4=O)[C@@H]4C=C[C@H]5C4)c3)CC2=O)cc1. The van der Waals surface area contributed by atoms with Crippen molar-refractivity contribution >= 4 is 35.1 Å². The molecule has 0 radical (unpaired) electrons. The first-order valence-corrected chi connectivity index (χ1v) is 11.7. The number of anilines is 2. The molecule has 3 fully saturated rings. The summed E-state index contributed by atoms with van der Waals surface area (Å²) in [6, 6.07) is 14.1. The Morgan fingerprint density at radius 1 is 0.912 bits per heavy atom. The quantitative estimate of drug-likeness (QED) is 0.305. The molecule has 2 aliphatic heterocycles. The van der Waals surface area contributed by atoms with Crippen molar-refractivity contribution in [2.75, 3.05) is 16.3 Å². The molecule has 0 N–H and O–H groups in total. The highest BCUT2D eigenvalue weighted by atomic mass is 16.5. The Morgan fingerprint density at radius 3 is 2.26 bits per heavy atom. The first kappa shape index (κ1) is 20.8. The van der Waals surface area contributed by atoms with E-state index in [1.807, 2.05) is 31.2 Å². The molecule has 2 heterocycles. The minimum Gasteiger partial charge on any atom is -0.426 e. The third kappa shape index (κ3) is 3.18. The third-order valence-electron chi connectivity index (χ3n) is 7.57. The number of carbonyl (C=O) groups excluding carboxylic acids is 4. The van der Waals surface area contributed by atoms with Gasteiger partial charge in [-0.05, 0) is 49.4 Å². The van der Waals surface area contributed by atoms with E-state index in [0.717, 1.165) is 17.7 Å². The molecule has 2 aromatic carbocycles. The van der Waals surface area contributed by atoms with Gasteiger partial charge in [-0.2, -0.15) is 0 Å². The minimum absolute atomic E-state index is 0.0780. The standard InChI is InChI=1S/C27H24N2O5/c1-15-5-9-19(10-6-15)28-14-18(12-22(28)30)27(33)34-21-4-2-3-20(13-21)29-25(31)23-16-7-8-17(11-16)24(23)26(29)32/h2-10,13,16-18,23-24H,11-12,14H2,1H3/t16-,17+,18-,23-,24+/m1/s1. The zero-order valence-electron chi connectivity index (χ0n) is 18.7. The van der Waals surface area contributed by atoms with E-state index >= 15 is 0 Å². The molecule has 2 bridgehead atoms. The van der Waals surface area contributed by atoms with Gasteiger partial charge in [-0.1, -0.05) is 35.9 Å². The number of hydrogen-bond donors (Lipinski definition) is 0. The molecule has 2 saturated heterocycles. The van der Waals surface area contributed by atoms with Gasteiger partial charge >= 0.3 is 5.97 Å². The van der Waals surface area contributed by atoms with Crippen LogP contribution in [0.5, 0.6) is 5.75 Å². The first-order valence-electron chi connectivity index (χ1n) is 11.7. The van der Waals surface area contributed by atoms with Crippen LogP contribution in [0.2, 0.25) is 0 Å². The van der Waals surface area contributed by atoms with Crippen LogP contribution in [0.25, 0.3) is 0 Å². The Kier molecular flexibility index (Phi) is 4.69. The third-order valence-corrected chi connectivity index (χ3v) is 7.57. The second-order valence-electron chi connectivity index (χ2n) is 9.67. The van der Waals surface area contributed by atoms with Gasteiger partial charge in [-0.3, -0.25) is 19.2 Å². The van der Waals surface area contributed by atoms with Gasteiger partial charge in [-0.25, -0.2) is 4.90 Å². The lowest BCUT2D eigenvalue weighted by atomic mass is 9.85. The molecule has 34 heavy (non-hydrogen) atoms. The fourth-order valence-electron chi connectivity index (χ4n) is 5.88. The molecular weight excluding hydrogens is 432 g/mol. The second-order valence-corrected chi connectivity index (χ2v) is 9.67. The number of esters is 1. The summed E-state index contributed by atoms with van der Waals surface area (Å²) in [4.78, 5) is 54.4. The zero-order valence-corrected chi connectivity index (χ0v) is 18.7. The van der Waals surface area contributed by atoms with Crippen molar-refractivity contribution in [2.24, 2.45) is 29.6 Å². The number of carbonyl (C=O) groups is 4. The fourth-order valence-corrected chi connectivity index (χ4v) is 5.88. The molecule has 5 atom stereocenters. The van der Waals surface area contributed by atoms with Crippen LogP contribution in [-0.2, 0) is 19.2 Å². The lowest BCUT2D eigenvalue weighted by molar-refractivity contribution is -0.139. The Balaban J connectivity index is 1.16. The summed E-state index contributed by atoms with van der Waals surface area (Å²) in [6.07, 6.45) is 5.07. The number of allylic oxidation sites excluding steroid dienone is 2. The van der Waals surface area contributed by atoms with Crippen molar-refractivity contribution in [1.82, 2.24) is 0 Å². The maximum absolute atomic E-state index is 13.1. The van der Waals surface area contributed by atoms with Crippen LogP contribution >= 0.6 is 0 Å². The van der Waals surface area contributed by atoms with E-state index in [9.17, 15) is 19.2 Å². The van der Waals surface area contributed by atoms with Crippen LogP contribution in [0.3, 0.4) is 0 Å². The lowest BCUT2D eigenvalue weighted by Gasteiger charge is -2.18. The summed E-state index contributed by atoms with van der Waals surface area (Å²) < 4.78 is 5.59. The second kappa shape index (κ2) is 7.65. The van der Waals surface area contributed by atoms with Gasteiger partial charge in [0, 0.05) is 24.7 Å². The number of aryl methyl sites for hydroxylation is 1. The Hall–Kier alpha value is -3.74. The summed E-state index contributed by atoms with van der Waals surface area (Å²) in [5.41, 5.74) is 2.26. The van der Waals surface area contributed by atoms with Gasteiger partial charge in [0.1, 0.15) is 5.75 Å². The zero-order chi connectivity index (χ0) is 23.6. The summed E-state index contributed by atoms with van der Waals surface area (Å²) in [7, 11) is 0. The van der Waals surface area contributed by atoms with Crippen LogP contribution < -0.4 is 14.5 Å². The summed E-state index contributed by atoms with van der Waals surface area (Å²) in [5.74, 6) is -1.62. The molecule has 0 aromatic heterocycles. The lowest BCUT2D eigenvalue weighted by Crippen LogP contribution is -2.32. The number of ether oxygens (including phenoxy) is 1. The van der Waals surface area contributed by atoms with E-state index in [2.05, 4.69) is 12.2 Å². The van der Waals surface area contributed by atoms with Gasteiger partial charge in [0.2, 0.25) is 17.7 Å². The van der Waals surface area contributed by atoms with Crippen molar-refractivity contribution < 1.29 is 23.9 Å². The molecule has 172 valence electrons. The molecule has 2 aromatic rings. The number of rotatable bonds is 4. The van der Waals surface area contributed by atoms with Crippen molar-refractivity contribution in [3.05, 3.63) is 66.2 Å². The predicted octanol–water partition coefficient (Wildman–Crippen LogP) is 3.27. The van der Waals surface area contributed by atoms with E-state index in [4.69, 9.17) is 4.74 Å². The molecule has 0 spiro atoms. The molecule has 1 saturated carbocycles. The van der Waals surface area contributed by atoms with E-state index in [1.54, 1.807) is 29.2 Å². The number of fused-ring (bicyclic) bond motifs is 5. The smallest absolute Gasteiger partial charge is 0.316 e. The maximum Gasteiger partial charge on any atom is 0.316 e. The Labute approximate surface area is 197 Å². The molecule has 2 aliphatic carbocycles. The maximum atomic E-state index is 13.1. The van der Waals surface area contributed by atoms with E-state index < -0.39 is 11.9 Å². The number of imide groups is 1. The van der Waals surface area contributed by atoms with Crippen LogP contribution in [0, 0.1) is 36.5 Å². The first-order chi connectivity index (χ1) is 16.4. The van der Waals surface area contributed by atoms with Crippen LogP contribution in [-0.4, -0.2) is 30.2 Å². The average molecular weight is 456 g/mol. The highest BCUT2D eigenvalue weighted by Crippen LogP contribution is 2.53. The van der Waals surface area contributed by atoms with Crippen molar-refractivity contribution in [1.29, 1.82) is 0 Å². The summed E-state index contributed by atoms with van der Waals surface area (Å²) in [5, 5.41) is 0. The molecule has 7 nitrogen and oxygen atoms in total. The largest absolute Gasteiger partial charge is 0.426 e. The minimum atomic E-state index is -0.589. The summed E-state index contributed by atoms with van der Waals surface area (Å²) in [6.45, 7) is 2.23. The molecular formula is C27H24N2O5. The van der Waals surface area contributed by atoms with E-state index in [1.165, 1.54) is 4.90 Å². The van der Waals surface area contributed by atoms with Crippen molar-refractivity contribution in [2.45, 2.75) is 19.8 Å². The van der Waals surface area contributed by atoms with E-state index in [-0.39, 0.29) is 60.1 Å². The number of amides is 3. The highest BCUT2D eigenvalue weighted by Gasteiger charge is 2.59. The summed E-state index contributed by atoms with van der Waals surface area (Å²) >= 11 is 0. The normalized spacial score (nSPS) is 29.3. The Bertz CT molecular complexity index is 1220. The molecule has 6 rings (SSSR count). The van der Waals surface area contributed by atoms with Crippen molar-refractivity contribution in [3.8, 4) is 5.75 Å². The highest BCUT2D eigenvalue weighted by molar-refractivity contribution is 6.22. The van der Waals surface area contributed by atoms with Crippen molar-refractivity contribution in [3.63, 3.8) is 0 Å². The van der Waals surface area contributed by atoms with Gasteiger partial charge in [0.25, 0.3) is 0 Å².